The standard InChI is InChI=1S/C6H12O2S/c1-4-5(7)3-6(8-2)9-4/h4-7H,3H2,1-2H3/t4-,5?,6?/m0/s1. The van der Waals surface area contributed by atoms with E-state index in [0.717, 1.165) is 6.42 Å². The van der Waals surface area contributed by atoms with Crippen molar-refractivity contribution in [2.75, 3.05) is 7.11 Å². The second-order valence-corrected chi connectivity index (χ2v) is 3.85. The maximum Gasteiger partial charge on any atom is 0.105 e. The molecule has 2 nitrogen and oxygen atoms in total. The fourth-order valence-electron chi connectivity index (χ4n) is 0.926. The van der Waals surface area contributed by atoms with Gasteiger partial charge in [0.1, 0.15) is 5.44 Å². The topological polar surface area (TPSA) is 29.5 Å². The third-order valence-electron chi connectivity index (χ3n) is 1.61. The summed E-state index contributed by atoms with van der Waals surface area (Å²) in [4.78, 5) is 0. The number of aliphatic hydroxyl groups excluding tert-OH is 1. The largest absolute Gasteiger partial charge is 0.392 e. The molecule has 3 heteroatoms. The van der Waals surface area contributed by atoms with E-state index in [1.807, 2.05) is 6.92 Å². The highest BCUT2D eigenvalue weighted by Gasteiger charge is 2.29. The summed E-state index contributed by atoms with van der Waals surface area (Å²) in [5, 5.41) is 9.54. The molecule has 1 saturated heterocycles. The molecular weight excluding hydrogens is 136 g/mol. The van der Waals surface area contributed by atoms with Crippen molar-refractivity contribution in [2.24, 2.45) is 0 Å². The zero-order valence-electron chi connectivity index (χ0n) is 5.70. The van der Waals surface area contributed by atoms with Crippen LogP contribution in [0.5, 0.6) is 0 Å². The van der Waals surface area contributed by atoms with Gasteiger partial charge in [0.15, 0.2) is 0 Å². The molecule has 0 amide bonds. The van der Waals surface area contributed by atoms with Crippen LogP contribution in [0.15, 0.2) is 0 Å². The van der Waals surface area contributed by atoms with Crippen LogP contribution in [0.1, 0.15) is 13.3 Å². The van der Waals surface area contributed by atoms with Gasteiger partial charge in [-0.3, -0.25) is 0 Å². The molecule has 1 heterocycles. The van der Waals surface area contributed by atoms with Crippen molar-refractivity contribution in [3.05, 3.63) is 0 Å². The van der Waals surface area contributed by atoms with Crippen LogP contribution in [-0.4, -0.2) is 29.0 Å². The summed E-state index contributed by atoms with van der Waals surface area (Å²) < 4.78 is 5.05. The van der Waals surface area contributed by atoms with Gasteiger partial charge >= 0.3 is 0 Å². The van der Waals surface area contributed by atoms with Gasteiger partial charge in [-0.15, -0.1) is 11.8 Å². The zero-order chi connectivity index (χ0) is 6.85. The Kier molecular flexibility index (Phi) is 2.38. The second kappa shape index (κ2) is 2.90. The first-order valence-electron chi connectivity index (χ1n) is 3.10. The monoisotopic (exact) mass is 148 g/mol. The van der Waals surface area contributed by atoms with Gasteiger partial charge in [-0.25, -0.2) is 0 Å². The minimum absolute atomic E-state index is 0.167. The van der Waals surface area contributed by atoms with E-state index in [4.69, 9.17) is 4.74 Å². The van der Waals surface area contributed by atoms with Crippen LogP contribution < -0.4 is 0 Å². The van der Waals surface area contributed by atoms with Crippen molar-refractivity contribution in [3.63, 3.8) is 0 Å². The Morgan fingerprint density at radius 2 is 2.33 bits per heavy atom. The predicted octanol–water partition coefficient (Wildman–Crippen LogP) is 0.845. The predicted molar refractivity (Wildman–Crippen MR) is 38.5 cm³/mol. The Labute approximate surface area is 59.6 Å². The smallest absolute Gasteiger partial charge is 0.105 e. The molecule has 1 aliphatic heterocycles. The van der Waals surface area contributed by atoms with E-state index in [1.165, 1.54) is 0 Å². The van der Waals surface area contributed by atoms with E-state index < -0.39 is 0 Å². The van der Waals surface area contributed by atoms with Crippen LogP contribution >= 0.6 is 11.8 Å². The molecule has 2 unspecified atom stereocenters. The Bertz CT molecular complexity index is 87.1. The van der Waals surface area contributed by atoms with E-state index in [1.54, 1.807) is 18.9 Å². The minimum atomic E-state index is -0.167. The number of methoxy groups -OCH3 is 1. The van der Waals surface area contributed by atoms with E-state index in [-0.39, 0.29) is 11.5 Å². The number of aliphatic hydroxyl groups is 1. The summed E-state index contributed by atoms with van der Waals surface area (Å²) in [5.41, 5.74) is 0.218. The van der Waals surface area contributed by atoms with Gasteiger partial charge in [0.05, 0.1) is 6.10 Å². The van der Waals surface area contributed by atoms with Crippen LogP contribution in [0.3, 0.4) is 0 Å². The molecule has 1 N–H and O–H groups in total. The Hall–Kier alpha value is 0.270. The summed E-state index contributed by atoms with van der Waals surface area (Å²) in [6.45, 7) is 2.02. The third-order valence-corrected chi connectivity index (χ3v) is 3.04. The zero-order valence-corrected chi connectivity index (χ0v) is 6.52. The Morgan fingerprint density at radius 1 is 1.67 bits per heavy atom. The molecule has 1 fully saturated rings. The number of rotatable bonds is 1. The lowest BCUT2D eigenvalue weighted by Crippen LogP contribution is -2.12. The van der Waals surface area contributed by atoms with Crippen molar-refractivity contribution in [3.8, 4) is 0 Å². The van der Waals surface area contributed by atoms with Gasteiger partial charge in [-0.05, 0) is 0 Å². The lowest BCUT2D eigenvalue weighted by Gasteiger charge is -2.03. The average molecular weight is 148 g/mol. The highest BCUT2D eigenvalue weighted by molar-refractivity contribution is 8.00. The molecule has 0 aliphatic carbocycles. The van der Waals surface area contributed by atoms with Crippen LogP contribution in [0.25, 0.3) is 0 Å². The van der Waals surface area contributed by atoms with Gasteiger partial charge in [0.2, 0.25) is 0 Å². The molecular formula is C6H12O2S. The fraction of sp³-hybridized carbons (Fsp3) is 1.00. The molecule has 0 aromatic carbocycles. The van der Waals surface area contributed by atoms with E-state index in [2.05, 4.69) is 0 Å². The maximum atomic E-state index is 9.20. The van der Waals surface area contributed by atoms with Crippen molar-refractivity contribution in [1.29, 1.82) is 0 Å². The minimum Gasteiger partial charge on any atom is -0.392 e. The Balaban J connectivity index is 2.35. The van der Waals surface area contributed by atoms with Crippen molar-refractivity contribution >= 4 is 11.8 Å². The van der Waals surface area contributed by atoms with E-state index in [0.29, 0.717) is 5.25 Å². The summed E-state index contributed by atoms with van der Waals surface area (Å²) in [7, 11) is 1.68. The number of ether oxygens (including phenoxy) is 1. The number of hydrogen-bond donors (Lipinski definition) is 1. The number of thioether (sulfide) groups is 1. The van der Waals surface area contributed by atoms with Gasteiger partial charge in [-0.2, -0.15) is 0 Å². The van der Waals surface area contributed by atoms with Crippen LogP contribution in [-0.2, 0) is 4.74 Å². The van der Waals surface area contributed by atoms with E-state index >= 15 is 0 Å². The lowest BCUT2D eigenvalue weighted by molar-refractivity contribution is 0.110. The average Bonchev–Trinajstić information content (AvgIpc) is 2.13. The molecule has 0 radical (unpaired) electrons. The summed E-state index contributed by atoms with van der Waals surface area (Å²) in [5.74, 6) is 0. The van der Waals surface area contributed by atoms with Crippen molar-refractivity contribution in [1.82, 2.24) is 0 Å². The number of hydrogen-bond acceptors (Lipinski definition) is 3. The SMILES string of the molecule is COC1CC(O)[C@H](C)S1. The first-order chi connectivity index (χ1) is 4.24. The Morgan fingerprint density at radius 3 is 2.56 bits per heavy atom. The lowest BCUT2D eigenvalue weighted by atomic mass is 10.2. The van der Waals surface area contributed by atoms with Crippen LogP contribution in [0, 0.1) is 0 Å². The first-order valence-corrected chi connectivity index (χ1v) is 4.04. The van der Waals surface area contributed by atoms with Crippen molar-refractivity contribution in [2.45, 2.75) is 30.1 Å². The highest BCUT2D eigenvalue weighted by Crippen LogP contribution is 2.33. The van der Waals surface area contributed by atoms with Gasteiger partial charge in [-0.1, -0.05) is 6.92 Å². The van der Waals surface area contributed by atoms with E-state index in [9.17, 15) is 5.11 Å². The van der Waals surface area contributed by atoms with Crippen LogP contribution in [0.4, 0.5) is 0 Å². The molecule has 54 valence electrons. The normalized spacial score (nSPS) is 43.7. The molecule has 9 heavy (non-hydrogen) atoms. The third kappa shape index (κ3) is 1.60. The molecule has 0 bridgehead atoms. The summed E-state index contributed by atoms with van der Waals surface area (Å²) in [6.07, 6.45) is 0.613. The molecule has 0 saturated carbocycles. The summed E-state index contributed by atoms with van der Waals surface area (Å²) in [6, 6.07) is 0. The second-order valence-electron chi connectivity index (χ2n) is 2.31. The molecule has 1 aliphatic rings. The van der Waals surface area contributed by atoms with Crippen molar-refractivity contribution < 1.29 is 9.84 Å². The summed E-state index contributed by atoms with van der Waals surface area (Å²) >= 11 is 1.70. The maximum absolute atomic E-state index is 9.20. The molecule has 1 rings (SSSR count). The highest BCUT2D eigenvalue weighted by atomic mass is 32.2. The van der Waals surface area contributed by atoms with Gasteiger partial charge < -0.3 is 9.84 Å². The quantitative estimate of drug-likeness (QED) is 0.597. The van der Waals surface area contributed by atoms with Gasteiger partial charge in [0, 0.05) is 18.8 Å². The molecule has 0 aromatic rings. The molecule has 0 spiro atoms. The van der Waals surface area contributed by atoms with Gasteiger partial charge in [0.25, 0.3) is 0 Å². The fourth-order valence-corrected chi connectivity index (χ4v) is 2.12. The first kappa shape index (κ1) is 7.38. The molecule has 0 aromatic heterocycles. The van der Waals surface area contributed by atoms with Crippen LogP contribution in [0.2, 0.25) is 0 Å². The molecule has 3 atom stereocenters.